The average molecular weight is 297 g/mol. The predicted octanol–water partition coefficient (Wildman–Crippen LogP) is 4.58. The SMILES string of the molecule is COc1ccc2c(c1)C(OC)C(C)(C)C(c1ccccc1)N2. The van der Waals surface area contributed by atoms with Crippen molar-refractivity contribution in [3.63, 3.8) is 0 Å². The van der Waals surface area contributed by atoms with Crippen LogP contribution >= 0.6 is 0 Å². The molecule has 0 bridgehead atoms. The third kappa shape index (κ3) is 2.35. The standard InChI is InChI=1S/C19H23NO2/c1-19(2)17(13-8-6-5-7-9-13)20-16-11-10-14(21-3)12-15(16)18(19)22-4/h5-12,17-18,20H,1-4H3. The van der Waals surface area contributed by atoms with Crippen LogP contribution in [-0.2, 0) is 4.74 Å². The first-order valence-electron chi connectivity index (χ1n) is 7.60. The molecule has 3 heteroatoms. The molecule has 0 saturated carbocycles. The Bertz CT molecular complexity index is 652. The Kier molecular flexibility index (Phi) is 3.83. The Labute approximate surface area is 132 Å². The van der Waals surface area contributed by atoms with Crippen LogP contribution in [0.3, 0.4) is 0 Å². The quantitative estimate of drug-likeness (QED) is 0.899. The molecule has 2 aromatic rings. The molecule has 0 aliphatic carbocycles. The van der Waals surface area contributed by atoms with Crippen LogP contribution in [0.15, 0.2) is 48.5 Å². The van der Waals surface area contributed by atoms with Gasteiger partial charge in [-0.05, 0) is 23.8 Å². The van der Waals surface area contributed by atoms with E-state index in [0.717, 1.165) is 17.0 Å². The van der Waals surface area contributed by atoms with Crippen LogP contribution in [0.4, 0.5) is 5.69 Å². The van der Waals surface area contributed by atoms with Gasteiger partial charge in [-0.15, -0.1) is 0 Å². The van der Waals surface area contributed by atoms with Crippen LogP contribution in [-0.4, -0.2) is 14.2 Å². The van der Waals surface area contributed by atoms with E-state index >= 15 is 0 Å². The van der Waals surface area contributed by atoms with Gasteiger partial charge in [-0.1, -0.05) is 44.2 Å². The molecule has 3 rings (SSSR count). The van der Waals surface area contributed by atoms with Crippen molar-refractivity contribution in [3.05, 3.63) is 59.7 Å². The number of rotatable bonds is 3. The molecule has 0 amide bonds. The van der Waals surface area contributed by atoms with Crippen molar-refractivity contribution >= 4 is 5.69 Å². The van der Waals surface area contributed by atoms with Gasteiger partial charge in [-0.3, -0.25) is 0 Å². The summed E-state index contributed by atoms with van der Waals surface area (Å²) < 4.78 is 11.3. The molecule has 1 N–H and O–H groups in total. The third-order valence-corrected chi connectivity index (χ3v) is 4.63. The number of hydrogen-bond acceptors (Lipinski definition) is 3. The fourth-order valence-corrected chi connectivity index (χ4v) is 3.50. The first-order valence-corrected chi connectivity index (χ1v) is 7.60. The summed E-state index contributed by atoms with van der Waals surface area (Å²) in [6.45, 7) is 4.49. The Morgan fingerprint density at radius 2 is 1.73 bits per heavy atom. The topological polar surface area (TPSA) is 30.5 Å². The minimum atomic E-state index is -0.0878. The van der Waals surface area contributed by atoms with Crippen LogP contribution in [0.2, 0.25) is 0 Å². The first kappa shape index (κ1) is 14.9. The monoisotopic (exact) mass is 297 g/mol. The molecule has 1 heterocycles. The molecule has 0 aromatic heterocycles. The van der Waals surface area contributed by atoms with E-state index < -0.39 is 0 Å². The van der Waals surface area contributed by atoms with Crippen molar-refractivity contribution in [2.75, 3.05) is 19.5 Å². The van der Waals surface area contributed by atoms with Crippen LogP contribution in [0, 0.1) is 5.41 Å². The first-order chi connectivity index (χ1) is 10.6. The van der Waals surface area contributed by atoms with Gasteiger partial charge in [0.2, 0.25) is 0 Å². The van der Waals surface area contributed by atoms with Crippen molar-refractivity contribution in [3.8, 4) is 5.75 Å². The molecule has 0 radical (unpaired) electrons. The van der Waals surface area contributed by atoms with Crippen LogP contribution in [0.5, 0.6) is 5.75 Å². The molecular weight excluding hydrogens is 274 g/mol. The second-order valence-corrected chi connectivity index (χ2v) is 6.38. The summed E-state index contributed by atoms with van der Waals surface area (Å²) in [6.07, 6.45) is 0.00376. The van der Waals surface area contributed by atoms with Gasteiger partial charge in [0.25, 0.3) is 0 Å². The molecular formula is C19H23NO2. The molecule has 2 atom stereocenters. The van der Waals surface area contributed by atoms with E-state index in [1.165, 1.54) is 5.56 Å². The summed E-state index contributed by atoms with van der Waals surface area (Å²) in [4.78, 5) is 0. The number of hydrogen-bond donors (Lipinski definition) is 1. The van der Waals surface area contributed by atoms with E-state index in [9.17, 15) is 0 Å². The lowest BCUT2D eigenvalue weighted by Crippen LogP contribution is -2.39. The molecule has 116 valence electrons. The molecule has 1 aliphatic heterocycles. The van der Waals surface area contributed by atoms with Gasteiger partial charge < -0.3 is 14.8 Å². The van der Waals surface area contributed by atoms with Crippen LogP contribution in [0.25, 0.3) is 0 Å². The molecule has 0 spiro atoms. The van der Waals surface area contributed by atoms with E-state index in [2.05, 4.69) is 55.6 Å². The Morgan fingerprint density at radius 1 is 1.00 bits per heavy atom. The zero-order chi connectivity index (χ0) is 15.7. The molecule has 3 nitrogen and oxygen atoms in total. The Morgan fingerprint density at radius 3 is 2.36 bits per heavy atom. The van der Waals surface area contributed by atoms with Crippen LogP contribution in [0.1, 0.15) is 37.1 Å². The highest BCUT2D eigenvalue weighted by Gasteiger charge is 2.44. The highest BCUT2D eigenvalue weighted by Crippen LogP contribution is 2.53. The van der Waals surface area contributed by atoms with E-state index in [4.69, 9.17) is 9.47 Å². The maximum Gasteiger partial charge on any atom is 0.119 e. The van der Waals surface area contributed by atoms with Gasteiger partial charge in [-0.2, -0.15) is 0 Å². The average Bonchev–Trinajstić information content (AvgIpc) is 2.54. The molecule has 1 aliphatic rings. The number of methoxy groups -OCH3 is 2. The fourth-order valence-electron chi connectivity index (χ4n) is 3.50. The smallest absolute Gasteiger partial charge is 0.119 e. The maximum absolute atomic E-state index is 5.89. The maximum atomic E-state index is 5.89. The van der Waals surface area contributed by atoms with E-state index in [0.29, 0.717) is 0 Å². The summed E-state index contributed by atoms with van der Waals surface area (Å²) >= 11 is 0. The largest absolute Gasteiger partial charge is 0.497 e. The minimum absolute atomic E-state index is 0.00376. The minimum Gasteiger partial charge on any atom is -0.497 e. The number of anilines is 1. The van der Waals surface area contributed by atoms with Crippen LogP contribution < -0.4 is 10.1 Å². The fraction of sp³-hybridized carbons (Fsp3) is 0.368. The molecule has 2 aromatic carbocycles. The van der Waals surface area contributed by atoms with Gasteiger partial charge in [0.15, 0.2) is 0 Å². The zero-order valence-corrected chi connectivity index (χ0v) is 13.6. The van der Waals surface area contributed by atoms with Crippen molar-refractivity contribution in [2.24, 2.45) is 5.41 Å². The summed E-state index contributed by atoms with van der Waals surface area (Å²) in [5, 5.41) is 3.68. The predicted molar refractivity (Wildman–Crippen MR) is 89.3 cm³/mol. The number of benzene rings is 2. The van der Waals surface area contributed by atoms with Gasteiger partial charge in [0, 0.05) is 23.8 Å². The summed E-state index contributed by atoms with van der Waals surface area (Å²) in [6, 6.07) is 16.9. The second-order valence-electron chi connectivity index (χ2n) is 6.38. The van der Waals surface area contributed by atoms with Crippen molar-refractivity contribution in [2.45, 2.75) is 26.0 Å². The normalized spacial score (nSPS) is 22.5. The number of ether oxygens (including phenoxy) is 2. The lowest BCUT2D eigenvalue weighted by atomic mass is 9.70. The third-order valence-electron chi connectivity index (χ3n) is 4.63. The Balaban J connectivity index is 2.10. The van der Waals surface area contributed by atoms with Crippen molar-refractivity contribution in [1.82, 2.24) is 0 Å². The van der Waals surface area contributed by atoms with Gasteiger partial charge >= 0.3 is 0 Å². The summed E-state index contributed by atoms with van der Waals surface area (Å²) in [5.74, 6) is 0.858. The number of fused-ring (bicyclic) bond motifs is 1. The summed E-state index contributed by atoms with van der Waals surface area (Å²) in [7, 11) is 3.47. The highest BCUT2D eigenvalue weighted by molar-refractivity contribution is 5.60. The Hall–Kier alpha value is -2.00. The highest BCUT2D eigenvalue weighted by atomic mass is 16.5. The van der Waals surface area contributed by atoms with Gasteiger partial charge in [0.05, 0.1) is 19.3 Å². The lowest BCUT2D eigenvalue weighted by Gasteiger charge is -2.46. The summed E-state index contributed by atoms with van der Waals surface area (Å²) in [5.41, 5.74) is 3.45. The lowest BCUT2D eigenvalue weighted by molar-refractivity contribution is -0.0108. The van der Waals surface area contributed by atoms with Gasteiger partial charge in [0.1, 0.15) is 5.75 Å². The molecule has 22 heavy (non-hydrogen) atoms. The molecule has 2 unspecified atom stereocenters. The molecule has 0 saturated heterocycles. The second kappa shape index (κ2) is 5.65. The number of nitrogens with one attached hydrogen (secondary N) is 1. The van der Waals surface area contributed by atoms with E-state index in [-0.39, 0.29) is 17.6 Å². The van der Waals surface area contributed by atoms with Crippen molar-refractivity contribution in [1.29, 1.82) is 0 Å². The van der Waals surface area contributed by atoms with Gasteiger partial charge in [-0.25, -0.2) is 0 Å². The van der Waals surface area contributed by atoms with Crippen molar-refractivity contribution < 1.29 is 9.47 Å². The van der Waals surface area contributed by atoms with E-state index in [1.54, 1.807) is 14.2 Å². The molecule has 0 fully saturated rings. The van der Waals surface area contributed by atoms with E-state index in [1.807, 2.05) is 12.1 Å². The zero-order valence-electron chi connectivity index (χ0n) is 13.6.